The number of ketones is 1. The first-order valence-corrected chi connectivity index (χ1v) is 11.9. The molecule has 0 bridgehead atoms. The molecular weight excluding hydrogens is 516 g/mol. The molecule has 2 aliphatic heterocycles. The molecule has 2 aliphatic rings. The number of thiazole rings is 1. The number of aromatic nitrogens is 1. The molecule has 1 aromatic heterocycles. The van der Waals surface area contributed by atoms with Crippen molar-refractivity contribution in [2.24, 2.45) is 0 Å². The number of hydrogen-bond donors (Lipinski definition) is 1. The first-order valence-electron chi connectivity index (χ1n) is 11.0. The molecular formula is C22H23F2N5O7S. The largest absolute Gasteiger partial charge is 0.444 e. The van der Waals surface area contributed by atoms with Gasteiger partial charge in [0.15, 0.2) is 16.8 Å². The lowest BCUT2D eigenvalue weighted by molar-refractivity contribution is -0.191. The first kappa shape index (κ1) is 27.6. The van der Waals surface area contributed by atoms with Gasteiger partial charge < -0.3 is 14.4 Å². The molecule has 0 radical (unpaired) electrons. The summed E-state index contributed by atoms with van der Waals surface area (Å²) in [5.74, 6) is -1.73. The number of benzene rings is 1. The molecule has 1 aromatic carbocycles. The van der Waals surface area contributed by atoms with E-state index in [1.165, 1.54) is 23.2 Å². The summed E-state index contributed by atoms with van der Waals surface area (Å²) < 4.78 is 35.3. The number of urea groups is 1. The Hall–Kier alpha value is -3.94. The summed E-state index contributed by atoms with van der Waals surface area (Å²) in [5.41, 5.74) is -0.236. The molecule has 0 aliphatic carbocycles. The van der Waals surface area contributed by atoms with Crippen molar-refractivity contribution in [2.75, 3.05) is 47.9 Å². The minimum atomic E-state index is -0.851. The van der Waals surface area contributed by atoms with E-state index in [1.807, 2.05) is 0 Å². The molecule has 2 fully saturated rings. The molecule has 1 N–H and O–H groups in total. The maximum Gasteiger partial charge on any atom is 0.414 e. The zero-order valence-corrected chi connectivity index (χ0v) is 20.5. The number of rotatable bonds is 6. The van der Waals surface area contributed by atoms with Gasteiger partial charge in [-0.3, -0.25) is 15.1 Å². The molecule has 2 aromatic rings. The van der Waals surface area contributed by atoms with E-state index in [-0.39, 0.29) is 62.5 Å². The number of halogens is 2. The minimum Gasteiger partial charge on any atom is -0.444 e. The van der Waals surface area contributed by atoms with Crippen LogP contribution in [0.5, 0.6) is 0 Å². The summed E-state index contributed by atoms with van der Waals surface area (Å²) in [5, 5.41) is 5.80. The number of carbonyl (C=O) groups excluding carboxylic acids is 5. The van der Waals surface area contributed by atoms with Crippen LogP contribution in [0.1, 0.15) is 19.8 Å². The Kier molecular flexibility index (Phi) is 9.60. The molecule has 0 saturated carbocycles. The van der Waals surface area contributed by atoms with Crippen molar-refractivity contribution in [2.45, 2.75) is 25.9 Å². The van der Waals surface area contributed by atoms with E-state index in [1.54, 1.807) is 11.6 Å². The van der Waals surface area contributed by atoms with E-state index < -0.39 is 29.9 Å². The first-order chi connectivity index (χ1) is 17.7. The molecule has 2 saturated heterocycles. The molecule has 3 heterocycles. The van der Waals surface area contributed by atoms with Crippen LogP contribution in [0.15, 0.2) is 23.7 Å². The van der Waals surface area contributed by atoms with Gasteiger partial charge in [0.25, 0.3) is 0 Å². The number of cyclic esters (lactones) is 1. The van der Waals surface area contributed by atoms with Gasteiger partial charge in [-0.1, -0.05) is 0 Å². The minimum absolute atomic E-state index is 0.0300. The maximum absolute atomic E-state index is 15.0. The molecule has 198 valence electrons. The highest BCUT2D eigenvalue weighted by atomic mass is 32.1. The van der Waals surface area contributed by atoms with Crippen LogP contribution >= 0.6 is 11.3 Å². The van der Waals surface area contributed by atoms with E-state index in [0.717, 1.165) is 22.1 Å². The fourth-order valence-corrected chi connectivity index (χ4v) is 4.25. The average Bonchev–Trinajstić information content (AvgIpc) is 3.41. The topological polar surface area (TPSA) is 138 Å². The second-order valence-electron chi connectivity index (χ2n) is 7.89. The van der Waals surface area contributed by atoms with Crippen LogP contribution in [0.25, 0.3) is 0 Å². The predicted octanol–water partition coefficient (Wildman–Crippen LogP) is 2.82. The summed E-state index contributed by atoms with van der Waals surface area (Å²) in [7, 11) is 0. The number of ether oxygens (including phenoxy) is 1. The standard InChI is InChI=1S/C21H23F2N5O5S.CO2/c1-13(29)2-3-15-12-27(21(31)33-15)14-10-16(22)18(17(23)11-14)26-5-6-28(32-8-7-26)20(30)25-19-24-4-9-34-19;2-1-3/h4,9-11,15H,2-3,5-8,12H2,1H3,(H,24,25,30);/t15-;/m0./s1. The van der Waals surface area contributed by atoms with Crippen molar-refractivity contribution in [3.63, 3.8) is 0 Å². The van der Waals surface area contributed by atoms with Crippen LogP contribution in [0, 0.1) is 11.6 Å². The summed E-state index contributed by atoms with van der Waals surface area (Å²) in [6, 6.07) is 1.62. The monoisotopic (exact) mass is 539 g/mol. The number of hydroxylamine groups is 2. The van der Waals surface area contributed by atoms with E-state index in [4.69, 9.17) is 19.2 Å². The highest BCUT2D eigenvalue weighted by Gasteiger charge is 2.34. The molecule has 12 nitrogen and oxygen atoms in total. The van der Waals surface area contributed by atoms with E-state index in [0.29, 0.717) is 11.6 Å². The number of anilines is 3. The Morgan fingerprint density at radius 2 is 1.92 bits per heavy atom. The van der Waals surface area contributed by atoms with Crippen molar-refractivity contribution >= 4 is 51.9 Å². The molecule has 1 atom stereocenters. The lowest BCUT2D eigenvalue weighted by Crippen LogP contribution is -2.37. The van der Waals surface area contributed by atoms with Crippen LogP contribution < -0.4 is 15.1 Å². The Morgan fingerprint density at radius 3 is 2.54 bits per heavy atom. The number of hydrogen-bond acceptors (Lipinski definition) is 10. The van der Waals surface area contributed by atoms with Crippen molar-refractivity contribution in [3.8, 4) is 0 Å². The quantitative estimate of drug-likeness (QED) is 0.587. The van der Waals surface area contributed by atoms with Crippen LogP contribution in [0.4, 0.5) is 34.9 Å². The van der Waals surface area contributed by atoms with Crippen molar-refractivity contribution in [3.05, 3.63) is 35.3 Å². The van der Waals surface area contributed by atoms with Gasteiger partial charge in [-0.15, -0.1) is 11.3 Å². The van der Waals surface area contributed by atoms with Crippen LogP contribution in [0.3, 0.4) is 0 Å². The Morgan fingerprint density at radius 1 is 1.22 bits per heavy atom. The van der Waals surface area contributed by atoms with Gasteiger partial charge in [-0.2, -0.15) is 9.59 Å². The third kappa shape index (κ3) is 7.29. The fraction of sp³-hybridized carbons (Fsp3) is 0.409. The Labute approximate surface area is 213 Å². The second-order valence-corrected chi connectivity index (χ2v) is 8.78. The van der Waals surface area contributed by atoms with Gasteiger partial charge in [-0.25, -0.2) is 28.4 Å². The van der Waals surface area contributed by atoms with Crippen molar-refractivity contribution < 1.29 is 42.3 Å². The highest BCUT2D eigenvalue weighted by molar-refractivity contribution is 7.13. The maximum atomic E-state index is 15.0. The lowest BCUT2D eigenvalue weighted by atomic mass is 10.1. The zero-order valence-electron chi connectivity index (χ0n) is 19.6. The number of nitrogens with zero attached hydrogens (tertiary/aromatic N) is 4. The van der Waals surface area contributed by atoms with Gasteiger partial charge in [-0.05, 0) is 13.3 Å². The third-order valence-electron chi connectivity index (χ3n) is 5.38. The van der Waals surface area contributed by atoms with Crippen LogP contribution in [-0.4, -0.2) is 73.0 Å². The molecule has 15 heteroatoms. The molecule has 37 heavy (non-hydrogen) atoms. The van der Waals surface area contributed by atoms with Crippen molar-refractivity contribution in [1.82, 2.24) is 10.0 Å². The molecule has 0 unspecified atom stereocenters. The third-order valence-corrected chi connectivity index (χ3v) is 6.06. The SMILES string of the molecule is CC(=O)CC[C@H]1CN(c2cc(F)c(N3CCON(C(=O)Nc4nccs4)CC3)c(F)c2)C(=O)O1.O=C=O. The van der Waals surface area contributed by atoms with Gasteiger partial charge in [0.05, 0.1) is 25.4 Å². The Bertz CT molecular complexity index is 1140. The van der Waals surface area contributed by atoms with E-state index in [9.17, 15) is 14.4 Å². The average molecular weight is 540 g/mol. The summed E-state index contributed by atoms with van der Waals surface area (Å²) >= 11 is 1.25. The number of Topliss-reactive ketones (excluding diaryl/α,β-unsaturated/α-hetero) is 1. The van der Waals surface area contributed by atoms with Gasteiger partial charge in [0, 0.05) is 43.2 Å². The Balaban J connectivity index is 0.00000121. The van der Waals surface area contributed by atoms with Gasteiger partial charge >= 0.3 is 18.3 Å². The summed E-state index contributed by atoms with van der Waals surface area (Å²) in [4.78, 5) is 64.0. The second kappa shape index (κ2) is 12.9. The number of carbonyl (C=O) groups is 3. The fourth-order valence-electron chi connectivity index (χ4n) is 3.73. The normalized spacial score (nSPS) is 17.3. The number of amides is 3. The van der Waals surface area contributed by atoms with Crippen LogP contribution in [0.2, 0.25) is 0 Å². The van der Waals surface area contributed by atoms with Gasteiger partial charge in [0.1, 0.15) is 17.6 Å². The lowest BCUT2D eigenvalue weighted by Gasteiger charge is -2.24. The van der Waals surface area contributed by atoms with Crippen molar-refractivity contribution in [1.29, 1.82) is 0 Å². The summed E-state index contributed by atoms with van der Waals surface area (Å²) in [6.45, 7) is 1.91. The van der Waals surface area contributed by atoms with Gasteiger partial charge in [0.2, 0.25) is 0 Å². The van der Waals surface area contributed by atoms with E-state index in [2.05, 4.69) is 10.3 Å². The predicted molar refractivity (Wildman–Crippen MR) is 125 cm³/mol. The summed E-state index contributed by atoms with van der Waals surface area (Å²) in [6.07, 6.45) is 1.16. The number of nitrogens with one attached hydrogen (secondary N) is 1. The highest BCUT2D eigenvalue weighted by Crippen LogP contribution is 2.32. The molecule has 0 spiro atoms. The van der Waals surface area contributed by atoms with E-state index >= 15 is 8.78 Å². The van der Waals surface area contributed by atoms with Crippen LogP contribution in [-0.2, 0) is 24.0 Å². The smallest absolute Gasteiger partial charge is 0.414 e. The molecule has 4 rings (SSSR count). The molecule has 3 amide bonds. The zero-order chi connectivity index (χ0) is 26.9.